The molecule has 2 fully saturated rings. The molecule has 0 amide bonds. The summed E-state index contributed by atoms with van der Waals surface area (Å²) in [6.45, 7) is 7.41. The van der Waals surface area contributed by atoms with Crippen LogP contribution in [0.2, 0.25) is 0 Å². The van der Waals surface area contributed by atoms with Crippen molar-refractivity contribution in [2.75, 3.05) is 13.1 Å². The predicted molar refractivity (Wildman–Crippen MR) is 85.7 cm³/mol. The number of hydrogen-bond donors (Lipinski definition) is 1. The molecule has 0 bridgehead atoms. The van der Waals surface area contributed by atoms with Crippen LogP contribution >= 0.6 is 0 Å². The zero-order valence-electron chi connectivity index (χ0n) is 13.1. The largest absolute Gasteiger partial charge is 0.316 e. The fourth-order valence-electron chi connectivity index (χ4n) is 4.87. The minimum absolute atomic E-state index is 0.605. The summed E-state index contributed by atoms with van der Waals surface area (Å²) in [4.78, 5) is 0. The van der Waals surface area contributed by atoms with Gasteiger partial charge in [-0.15, -0.1) is 0 Å². The van der Waals surface area contributed by atoms with Crippen molar-refractivity contribution < 1.29 is 0 Å². The van der Waals surface area contributed by atoms with Crippen LogP contribution in [0.25, 0.3) is 0 Å². The maximum atomic E-state index is 3.66. The van der Waals surface area contributed by atoms with E-state index in [9.17, 15) is 0 Å². The van der Waals surface area contributed by atoms with E-state index in [0.29, 0.717) is 5.41 Å². The van der Waals surface area contributed by atoms with Crippen molar-refractivity contribution >= 4 is 0 Å². The summed E-state index contributed by atoms with van der Waals surface area (Å²) in [6, 6.07) is 11.1. The number of hydrogen-bond acceptors (Lipinski definition) is 1. The highest BCUT2D eigenvalue weighted by molar-refractivity contribution is 5.17. The van der Waals surface area contributed by atoms with Crippen LogP contribution in [0.5, 0.6) is 0 Å². The van der Waals surface area contributed by atoms with Crippen LogP contribution in [-0.4, -0.2) is 13.1 Å². The lowest BCUT2D eigenvalue weighted by atomic mass is 9.55. The molecule has 110 valence electrons. The summed E-state index contributed by atoms with van der Waals surface area (Å²) in [5.41, 5.74) is 2.12. The molecule has 1 saturated heterocycles. The molecule has 4 atom stereocenters. The van der Waals surface area contributed by atoms with E-state index in [1.165, 1.54) is 50.8 Å². The lowest BCUT2D eigenvalue weighted by Crippen LogP contribution is -2.51. The fourth-order valence-corrected chi connectivity index (χ4v) is 4.87. The number of nitrogens with one attached hydrogen (secondary N) is 1. The van der Waals surface area contributed by atoms with Crippen LogP contribution < -0.4 is 5.32 Å². The standard InChI is InChI=1S/C19H29N/c1-15-8-9-19(16(2)12-15)10-11-20-14-18(19)13-17-6-4-3-5-7-17/h3-7,15-16,18,20H,8-14H2,1-2H3. The molecule has 1 saturated carbocycles. The fraction of sp³-hybridized carbons (Fsp3) is 0.684. The van der Waals surface area contributed by atoms with Crippen molar-refractivity contribution in [2.45, 2.75) is 46.0 Å². The molecule has 1 N–H and O–H groups in total. The van der Waals surface area contributed by atoms with Crippen molar-refractivity contribution in [3.8, 4) is 0 Å². The van der Waals surface area contributed by atoms with Gasteiger partial charge in [0.1, 0.15) is 0 Å². The highest BCUT2D eigenvalue weighted by Gasteiger charge is 2.46. The highest BCUT2D eigenvalue weighted by atomic mass is 14.9. The summed E-state index contributed by atoms with van der Waals surface area (Å²) >= 11 is 0. The Balaban J connectivity index is 1.80. The molecule has 1 heteroatoms. The Hall–Kier alpha value is -0.820. The number of benzene rings is 1. The Bertz CT molecular complexity index is 427. The van der Waals surface area contributed by atoms with E-state index in [0.717, 1.165) is 17.8 Å². The van der Waals surface area contributed by atoms with Gasteiger partial charge < -0.3 is 5.32 Å². The summed E-state index contributed by atoms with van der Waals surface area (Å²) in [5, 5.41) is 3.66. The van der Waals surface area contributed by atoms with Gasteiger partial charge in [0.25, 0.3) is 0 Å². The maximum Gasteiger partial charge on any atom is -0.00119 e. The Morgan fingerprint density at radius 3 is 2.70 bits per heavy atom. The molecule has 1 aromatic rings. The first-order chi connectivity index (χ1) is 9.71. The van der Waals surface area contributed by atoms with Gasteiger partial charge >= 0.3 is 0 Å². The lowest BCUT2D eigenvalue weighted by Gasteiger charge is -2.52. The molecule has 2 aliphatic rings. The summed E-state index contributed by atoms with van der Waals surface area (Å²) in [6.07, 6.45) is 6.97. The van der Waals surface area contributed by atoms with Gasteiger partial charge in [0.15, 0.2) is 0 Å². The SMILES string of the molecule is CC1CCC2(CCNCC2Cc2ccccc2)C(C)C1. The van der Waals surface area contributed by atoms with Crippen molar-refractivity contribution in [3.63, 3.8) is 0 Å². The van der Waals surface area contributed by atoms with E-state index in [1.807, 2.05) is 0 Å². The Morgan fingerprint density at radius 1 is 1.15 bits per heavy atom. The topological polar surface area (TPSA) is 12.0 Å². The van der Waals surface area contributed by atoms with Crippen molar-refractivity contribution in [3.05, 3.63) is 35.9 Å². The monoisotopic (exact) mass is 271 g/mol. The predicted octanol–water partition coefficient (Wildman–Crippen LogP) is 4.28. The van der Waals surface area contributed by atoms with Crippen LogP contribution in [0, 0.1) is 23.2 Å². The van der Waals surface area contributed by atoms with Gasteiger partial charge in [0.05, 0.1) is 0 Å². The first kappa shape index (κ1) is 14.1. The minimum atomic E-state index is 0.605. The van der Waals surface area contributed by atoms with Gasteiger partial charge in [0, 0.05) is 0 Å². The summed E-state index contributed by atoms with van der Waals surface area (Å²) < 4.78 is 0. The Kier molecular flexibility index (Phi) is 4.16. The average molecular weight is 271 g/mol. The Morgan fingerprint density at radius 2 is 1.95 bits per heavy atom. The van der Waals surface area contributed by atoms with E-state index < -0.39 is 0 Å². The van der Waals surface area contributed by atoms with E-state index in [2.05, 4.69) is 49.5 Å². The Labute approximate surface area is 124 Å². The molecule has 20 heavy (non-hydrogen) atoms. The number of rotatable bonds is 2. The van der Waals surface area contributed by atoms with Crippen molar-refractivity contribution in [2.24, 2.45) is 23.2 Å². The third-order valence-corrected chi connectivity index (χ3v) is 6.14. The maximum absolute atomic E-state index is 3.66. The molecular formula is C19H29N. The number of piperidine rings is 1. The highest BCUT2D eigenvalue weighted by Crippen LogP contribution is 2.52. The molecule has 1 heterocycles. The van der Waals surface area contributed by atoms with Crippen molar-refractivity contribution in [1.29, 1.82) is 0 Å². The molecule has 1 aliphatic heterocycles. The minimum Gasteiger partial charge on any atom is -0.316 e. The molecule has 4 unspecified atom stereocenters. The molecule has 3 rings (SSSR count). The molecule has 0 radical (unpaired) electrons. The van der Waals surface area contributed by atoms with Crippen LogP contribution in [0.3, 0.4) is 0 Å². The smallest absolute Gasteiger partial charge is 0.00119 e. The zero-order chi connectivity index (χ0) is 14.0. The quantitative estimate of drug-likeness (QED) is 0.846. The van der Waals surface area contributed by atoms with E-state index in [4.69, 9.17) is 0 Å². The van der Waals surface area contributed by atoms with Gasteiger partial charge in [-0.3, -0.25) is 0 Å². The van der Waals surface area contributed by atoms with E-state index in [-0.39, 0.29) is 0 Å². The van der Waals surface area contributed by atoms with E-state index >= 15 is 0 Å². The van der Waals surface area contributed by atoms with Crippen LogP contribution in [0.4, 0.5) is 0 Å². The lowest BCUT2D eigenvalue weighted by molar-refractivity contribution is -0.0103. The van der Waals surface area contributed by atoms with Crippen LogP contribution in [0.1, 0.15) is 45.1 Å². The molecule has 1 aliphatic carbocycles. The molecule has 0 aromatic heterocycles. The van der Waals surface area contributed by atoms with Gasteiger partial charge in [-0.1, -0.05) is 50.6 Å². The normalized spacial score (nSPS) is 38.0. The van der Waals surface area contributed by atoms with Crippen LogP contribution in [0.15, 0.2) is 30.3 Å². The molecular weight excluding hydrogens is 242 g/mol. The second-order valence-corrected chi connectivity index (χ2v) is 7.35. The van der Waals surface area contributed by atoms with Gasteiger partial charge in [-0.05, 0) is 67.5 Å². The first-order valence-corrected chi connectivity index (χ1v) is 8.45. The third kappa shape index (κ3) is 2.65. The van der Waals surface area contributed by atoms with E-state index in [1.54, 1.807) is 0 Å². The van der Waals surface area contributed by atoms with Crippen molar-refractivity contribution in [1.82, 2.24) is 5.32 Å². The van der Waals surface area contributed by atoms with Gasteiger partial charge in [0.2, 0.25) is 0 Å². The zero-order valence-corrected chi connectivity index (χ0v) is 13.1. The first-order valence-electron chi connectivity index (χ1n) is 8.45. The summed E-state index contributed by atoms with van der Waals surface area (Å²) in [5.74, 6) is 2.64. The average Bonchev–Trinajstić information content (AvgIpc) is 2.46. The third-order valence-electron chi connectivity index (χ3n) is 6.14. The summed E-state index contributed by atoms with van der Waals surface area (Å²) in [7, 11) is 0. The second kappa shape index (κ2) is 5.89. The molecule has 1 aromatic carbocycles. The second-order valence-electron chi connectivity index (χ2n) is 7.35. The van der Waals surface area contributed by atoms with Gasteiger partial charge in [-0.2, -0.15) is 0 Å². The molecule has 1 spiro atoms. The molecule has 1 nitrogen and oxygen atoms in total. The van der Waals surface area contributed by atoms with Gasteiger partial charge in [-0.25, -0.2) is 0 Å². The van der Waals surface area contributed by atoms with Crippen LogP contribution in [-0.2, 0) is 6.42 Å².